The average molecular weight is 403 g/mol. The first-order valence-electron chi connectivity index (χ1n) is 10.4. The van der Waals surface area contributed by atoms with Gasteiger partial charge in [-0.2, -0.15) is 0 Å². The highest BCUT2D eigenvalue weighted by Crippen LogP contribution is 2.43. The largest absolute Gasteiger partial charge is 0.462 e. The Morgan fingerprint density at radius 3 is 2.59 bits per heavy atom. The van der Waals surface area contributed by atoms with Gasteiger partial charge < -0.3 is 14.2 Å². The van der Waals surface area contributed by atoms with E-state index < -0.39 is 12.4 Å². The van der Waals surface area contributed by atoms with Crippen LogP contribution in [0.4, 0.5) is 0 Å². The van der Waals surface area contributed by atoms with Crippen molar-refractivity contribution in [3.63, 3.8) is 0 Å². The maximum atomic E-state index is 11.8. The fraction of sp³-hybridized carbons (Fsp3) is 0.583. The standard InChI is InChI=1S/C24H34O5/c1-15(2)10-13-22(28-18(5)25)21-14-27-24(29-19(6)26)23-17(4)9-7-8-16(3)11-12-20(21)23/h8,10,14,20,22-24H,4,7,9,11-13H2,1-3,5-6H3/b16-8+/t20-,22-,23+,24-/m0/s1. The van der Waals surface area contributed by atoms with E-state index in [1.807, 2.05) is 13.8 Å². The van der Waals surface area contributed by atoms with Gasteiger partial charge in [-0.05, 0) is 46.5 Å². The Morgan fingerprint density at radius 2 is 1.97 bits per heavy atom. The Hall–Kier alpha value is -2.30. The minimum atomic E-state index is -0.700. The van der Waals surface area contributed by atoms with Gasteiger partial charge in [0.15, 0.2) is 0 Å². The molecule has 29 heavy (non-hydrogen) atoms. The van der Waals surface area contributed by atoms with E-state index in [-0.39, 0.29) is 23.8 Å². The molecule has 4 atom stereocenters. The molecule has 0 saturated heterocycles. The van der Waals surface area contributed by atoms with E-state index in [9.17, 15) is 9.59 Å². The number of carbonyl (C=O) groups is 2. The predicted molar refractivity (Wildman–Crippen MR) is 113 cm³/mol. The molecule has 0 N–H and O–H groups in total. The minimum absolute atomic E-state index is 0.0250. The zero-order chi connectivity index (χ0) is 21.6. The fourth-order valence-corrected chi connectivity index (χ4v) is 4.07. The fourth-order valence-electron chi connectivity index (χ4n) is 4.07. The van der Waals surface area contributed by atoms with Crippen LogP contribution in [-0.2, 0) is 23.8 Å². The number of carbonyl (C=O) groups excluding carboxylic acids is 2. The number of hydrogen-bond donors (Lipinski definition) is 0. The molecule has 0 fully saturated rings. The summed E-state index contributed by atoms with van der Waals surface area (Å²) in [5.74, 6) is -0.844. The van der Waals surface area contributed by atoms with E-state index in [0.717, 1.165) is 42.4 Å². The monoisotopic (exact) mass is 402 g/mol. The van der Waals surface area contributed by atoms with Crippen molar-refractivity contribution in [1.29, 1.82) is 0 Å². The second kappa shape index (κ2) is 10.5. The highest BCUT2D eigenvalue weighted by atomic mass is 16.7. The summed E-state index contributed by atoms with van der Waals surface area (Å²) in [5.41, 5.74) is 4.43. The third kappa shape index (κ3) is 6.62. The molecule has 1 aliphatic heterocycles. The van der Waals surface area contributed by atoms with Gasteiger partial charge in [0.2, 0.25) is 6.29 Å². The Labute approximate surface area is 174 Å². The summed E-state index contributed by atoms with van der Waals surface area (Å²) >= 11 is 0. The van der Waals surface area contributed by atoms with Crippen molar-refractivity contribution in [2.45, 2.75) is 79.1 Å². The molecule has 1 heterocycles. The second-order valence-corrected chi connectivity index (χ2v) is 8.27. The zero-order valence-electron chi connectivity index (χ0n) is 18.3. The molecule has 0 spiro atoms. The summed E-state index contributed by atoms with van der Waals surface area (Å²) in [6, 6.07) is 0. The number of allylic oxidation sites excluding steroid dienone is 3. The lowest BCUT2D eigenvalue weighted by Gasteiger charge is -2.40. The third-order valence-corrected chi connectivity index (χ3v) is 5.47. The molecule has 0 unspecified atom stereocenters. The highest BCUT2D eigenvalue weighted by Gasteiger charge is 2.42. The van der Waals surface area contributed by atoms with Gasteiger partial charge in [-0.15, -0.1) is 0 Å². The Balaban J connectivity index is 2.45. The molecule has 0 radical (unpaired) electrons. The van der Waals surface area contributed by atoms with Crippen LogP contribution in [-0.4, -0.2) is 24.3 Å². The van der Waals surface area contributed by atoms with Crippen LogP contribution in [0.3, 0.4) is 0 Å². The summed E-state index contributed by atoms with van der Waals surface area (Å²) in [7, 11) is 0. The van der Waals surface area contributed by atoms with E-state index in [4.69, 9.17) is 14.2 Å². The lowest BCUT2D eigenvalue weighted by atomic mass is 9.74. The first kappa shape index (κ1) is 23.0. The molecule has 5 nitrogen and oxygen atoms in total. The average Bonchev–Trinajstić information content (AvgIpc) is 2.68. The maximum absolute atomic E-state index is 11.8. The molecule has 1 aliphatic carbocycles. The number of hydrogen-bond acceptors (Lipinski definition) is 5. The summed E-state index contributed by atoms with van der Waals surface area (Å²) in [4.78, 5) is 23.5. The van der Waals surface area contributed by atoms with Crippen LogP contribution in [0.15, 0.2) is 47.3 Å². The summed E-state index contributed by atoms with van der Waals surface area (Å²) in [5, 5.41) is 0. The van der Waals surface area contributed by atoms with Gasteiger partial charge in [0, 0.05) is 31.8 Å². The van der Waals surface area contributed by atoms with Crippen molar-refractivity contribution in [2.75, 3.05) is 0 Å². The van der Waals surface area contributed by atoms with E-state index in [2.05, 4.69) is 25.7 Å². The Bertz CT molecular complexity index is 724. The molecule has 2 rings (SSSR count). The molecular formula is C24H34O5. The first-order chi connectivity index (χ1) is 13.7. The van der Waals surface area contributed by atoms with E-state index in [1.165, 1.54) is 19.4 Å². The van der Waals surface area contributed by atoms with Crippen molar-refractivity contribution in [3.05, 3.63) is 47.3 Å². The zero-order valence-corrected chi connectivity index (χ0v) is 18.3. The highest BCUT2D eigenvalue weighted by molar-refractivity contribution is 5.67. The Kier molecular flexibility index (Phi) is 8.30. The van der Waals surface area contributed by atoms with Crippen LogP contribution in [0, 0.1) is 11.8 Å². The van der Waals surface area contributed by atoms with Gasteiger partial charge in [0.25, 0.3) is 0 Å². The van der Waals surface area contributed by atoms with Gasteiger partial charge in [-0.25, -0.2) is 0 Å². The van der Waals surface area contributed by atoms with Crippen molar-refractivity contribution < 1.29 is 23.8 Å². The SMILES string of the molecule is C=C1CC/C=C(\C)CC[C@H]2C([C@H](CC=C(C)C)OC(C)=O)=CO[C@@H](OC(C)=O)[C@H]12. The topological polar surface area (TPSA) is 61.8 Å². The van der Waals surface area contributed by atoms with Crippen LogP contribution in [0.1, 0.15) is 66.7 Å². The summed E-state index contributed by atoms with van der Waals surface area (Å²) in [6.07, 6.45) is 8.92. The number of fused-ring (bicyclic) bond motifs is 1. The van der Waals surface area contributed by atoms with Crippen molar-refractivity contribution in [3.8, 4) is 0 Å². The molecule has 0 aromatic heterocycles. The number of esters is 2. The normalized spacial score (nSPS) is 27.3. The van der Waals surface area contributed by atoms with Crippen molar-refractivity contribution in [1.82, 2.24) is 0 Å². The molecule has 0 bridgehead atoms. The smallest absolute Gasteiger partial charge is 0.305 e. The lowest BCUT2D eigenvalue weighted by Crippen LogP contribution is -2.41. The molecule has 0 saturated carbocycles. The van der Waals surface area contributed by atoms with Crippen LogP contribution >= 0.6 is 0 Å². The molecule has 0 aromatic carbocycles. The van der Waals surface area contributed by atoms with Gasteiger partial charge in [0.1, 0.15) is 6.10 Å². The predicted octanol–water partition coefficient (Wildman–Crippen LogP) is 5.39. The van der Waals surface area contributed by atoms with Gasteiger partial charge >= 0.3 is 11.9 Å². The number of ether oxygens (including phenoxy) is 3. The molecule has 160 valence electrons. The molecule has 2 aliphatic rings. The molecule has 5 heteroatoms. The van der Waals surface area contributed by atoms with Crippen LogP contribution in [0.5, 0.6) is 0 Å². The van der Waals surface area contributed by atoms with Crippen LogP contribution < -0.4 is 0 Å². The maximum Gasteiger partial charge on any atom is 0.305 e. The molecular weight excluding hydrogens is 368 g/mol. The lowest BCUT2D eigenvalue weighted by molar-refractivity contribution is -0.181. The van der Waals surface area contributed by atoms with Gasteiger partial charge in [-0.3, -0.25) is 9.59 Å². The van der Waals surface area contributed by atoms with Gasteiger partial charge in [-0.1, -0.05) is 35.5 Å². The van der Waals surface area contributed by atoms with E-state index in [0.29, 0.717) is 6.42 Å². The van der Waals surface area contributed by atoms with Crippen LogP contribution in [0.2, 0.25) is 0 Å². The summed E-state index contributed by atoms with van der Waals surface area (Å²) < 4.78 is 17.1. The van der Waals surface area contributed by atoms with E-state index >= 15 is 0 Å². The van der Waals surface area contributed by atoms with Crippen LogP contribution in [0.25, 0.3) is 0 Å². The Morgan fingerprint density at radius 1 is 1.24 bits per heavy atom. The molecule has 0 amide bonds. The third-order valence-electron chi connectivity index (χ3n) is 5.47. The van der Waals surface area contributed by atoms with E-state index in [1.54, 1.807) is 6.26 Å². The first-order valence-corrected chi connectivity index (χ1v) is 10.4. The number of rotatable bonds is 5. The minimum Gasteiger partial charge on any atom is -0.462 e. The van der Waals surface area contributed by atoms with Crippen molar-refractivity contribution in [2.24, 2.45) is 11.8 Å². The van der Waals surface area contributed by atoms with Crippen molar-refractivity contribution >= 4 is 11.9 Å². The second-order valence-electron chi connectivity index (χ2n) is 8.27. The molecule has 0 aromatic rings. The van der Waals surface area contributed by atoms with Gasteiger partial charge in [0.05, 0.1) is 12.2 Å². The summed E-state index contributed by atoms with van der Waals surface area (Å²) in [6.45, 7) is 13.3. The quantitative estimate of drug-likeness (QED) is 0.456.